The molecular weight excluding hydrogens is 901 g/mol. The number of ether oxygens (including phenoxy) is 3. The molecule has 1 unspecified atom stereocenters. The number of rotatable bonds is 52. The van der Waals surface area contributed by atoms with Crippen molar-refractivity contribution < 1.29 is 28.6 Å². The average Bonchev–Trinajstić information content (AvgIpc) is 3.39. The van der Waals surface area contributed by atoms with Gasteiger partial charge in [0.1, 0.15) is 13.2 Å². The molecule has 0 aromatic rings. The van der Waals surface area contributed by atoms with Crippen molar-refractivity contribution in [2.45, 2.75) is 258 Å². The molecule has 0 radical (unpaired) electrons. The third kappa shape index (κ3) is 58.3. The van der Waals surface area contributed by atoms with Crippen molar-refractivity contribution in [3.05, 3.63) is 134 Å². The van der Waals surface area contributed by atoms with Crippen LogP contribution in [0.4, 0.5) is 0 Å². The Morgan fingerprint density at radius 1 is 0.301 bits per heavy atom. The Hall–Kier alpha value is -4.45. The van der Waals surface area contributed by atoms with Crippen molar-refractivity contribution in [1.82, 2.24) is 0 Å². The van der Waals surface area contributed by atoms with Crippen LogP contribution in [-0.4, -0.2) is 37.2 Å². The first-order chi connectivity index (χ1) is 36.0. The summed E-state index contributed by atoms with van der Waals surface area (Å²) in [5.74, 6) is -1.09. The molecule has 0 N–H and O–H groups in total. The van der Waals surface area contributed by atoms with Gasteiger partial charge in [0.05, 0.1) is 6.42 Å². The van der Waals surface area contributed by atoms with Gasteiger partial charge < -0.3 is 14.2 Å². The topological polar surface area (TPSA) is 78.9 Å². The molecule has 0 saturated heterocycles. The minimum Gasteiger partial charge on any atom is -0.462 e. The number of allylic oxidation sites excluding steroid dienone is 21. The lowest BCUT2D eigenvalue weighted by molar-refractivity contribution is -0.166. The molecule has 0 aliphatic carbocycles. The zero-order valence-electron chi connectivity index (χ0n) is 47.1. The lowest BCUT2D eigenvalue weighted by atomic mass is 10.0. The van der Waals surface area contributed by atoms with E-state index in [0.29, 0.717) is 6.42 Å². The van der Waals surface area contributed by atoms with Gasteiger partial charge in [-0.2, -0.15) is 0 Å². The van der Waals surface area contributed by atoms with E-state index in [9.17, 15) is 14.4 Å². The van der Waals surface area contributed by atoms with Gasteiger partial charge in [-0.3, -0.25) is 14.4 Å². The molecule has 6 nitrogen and oxygen atoms in total. The van der Waals surface area contributed by atoms with Gasteiger partial charge in [0.25, 0.3) is 0 Å². The second-order valence-corrected chi connectivity index (χ2v) is 19.2. The SMILES string of the molecule is CC/C=C\C/C=C\C/C=C\C/C=C\C/C=C\CC(=O)OCC(COC(=O)CCCCCCCCCCCCC/C=C\C/C=C\CCCCCCC)OC(=O)CCCCCC/C=C\C/C=C\C/C=C\C/C=C\CC. The van der Waals surface area contributed by atoms with E-state index in [1.807, 2.05) is 6.08 Å². The van der Waals surface area contributed by atoms with Crippen LogP contribution < -0.4 is 0 Å². The number of unbranched alkanes of at least 4 members (excludes halogenated alkanes) is 20. The summed E-state index contributed by atoms with van der Waals surface area (Å²) in [6, 6.07) is 0. The van der Waals surface area contributed by atoms with E-state index >= 15 is 0 Å². The highest BCUT2D eigenvalue weighted by atomic mass is 16.6. The number of carbonyl (C=O) groups is 3. The highest BCUT2D eigenvalue weighted by Gasteiger charge is 2.19. The number of esters is 3. The van der Waals surface area contributed by atoms with Gasteiger partial charge in [-0.15, -0.1) is 0 Å². The number of hydrogen-bond donors (Lipinski definition) is 0. The maximum absolute atomic E-state index is 12.9. The summed E-state index contributed by atoms with van der Waals surface area (Å²) in [7, 11) is 0. The first-order valence-electron chi connectivity index (χ1n) is 29.7. The Morgan fingerprint density at radius 2 is 0.589 bits per heavy atom. The van der Waals surface area contributed by atoms with E-state index in [0.717, 1.165) is 116 Å². The third-order valence-electron chi connectivity index (χ3n) is 12.2. The van der Waals surface area contributed by atoms with Crippen molar-refractivity contribution in [1.29, 1.82) is 0 Å². The maximum Gasteiger partial charge on any atom is 0.309 e. The molecule has 0 fully saturated rings. The zero-order chi connectivity index (χ0) is 52.9. The van der Waals surface area contributed by atoms with Crippen molar-refractivity contribution in [2.75, 3.05) is 13.2 Å². The van der Waals surface area contributed by atoms with Crippen LogP contribution in [0.25, 0.3) is 0 Å². The number of carbonyl (C=O) groups excluding carboxylic acids is 3. The summed E-state index contributed by atoms with van der Waals surface area (Å²) in [5, 5.41) is 0. The maximum atomic E-state index is 12.9. The highest BCUT2D eigenvalue weighted by molar-refractivity contribution is 5.72. The summed E-state index contributed by atoms with van der Waals surface area (Å²) >= 11 is 0. The fraction of sp³-hybridized carbons (Fsp3) is 0.627. The summed E-state index contributed by atoms with van der Waals surface area (Å²) < 4.78 is 16.8. The second kappa shape index (κ2) is 60.1. The van der Waals surface area contributed by atoms with Crippen molar-refractivity contribution >= 4 is 17.9 Å². The monoisotopic (exact) mass is 1010 g/mol. The Morgan fingerprint density at radius 3 is 0.959 bits per heavy atom. The van der Waals surface area contributed by atoms with E-state index in [-0.39, 0.29) is 38.0 Å². The first kappa shape index (κ1) is 68.6. The molecule has 0 aromatic heterocycles. The fourth-order valence-corrected chi connectivity index (χ4v) is 7.77. The summed E-state index contributed by atoms with van der Waals surface area (Å²) in [5.41, 5.74) is 0. The predicted octanol–water partition coefficient (Wildman–Crippen LogP) is 20.2. The molecule has 6 heteroatoms. The molecule has 1 atom stereocenters. The molecule has 73 heavy (non-hydrogen) atoms. The van der Waals surface area contributed by atoms with Crippen LogP contribution in [0.15, 0.2) is 134 Å². The highest BCUT2D eigenvalue weighted by Crippen LogP contribution is 2.14. The van der Waals surface area contributed by atoms with Crippen LogP contribution >= 0.6 is 0 Å². The van der Waals surface area contributed by atoms with Crippen LogP contribution in [-0.2, 0) is 28.6 Å². The molecule has 412 valence electrons. The van der Waals surface area contributed by atoms with Crippen molar-refractivity contribution in [3.8, 4) is 0 Å². The molecule has 0 bridgehead atoms. The van der Waals surface area contributed by atoms with Crippen LogP contribution in [0.5, 0.6) is 0 Å². The van der Waals surface area contributed by atoms with Gasteiger partial charge in [0, 0.05) is 12.8 Å². The standard InChI is InChI=1S/C67H108O6/c1-4-7-10-13-16-19-22-25-28-30-31-32-33-34-35-37-39-42-45-48-51-54-57-60-66(69)72-63-64(62-71-65(68)59-56-53-50-47-44-41-38-27-24-21-18-15-12-9-6-3)73-67(70)61-58-55-52-49-46-43-40-36-29-26-23-20-17-14-11-8-5-2/h8-9,11-12,17-18,20-22,25-27,29-31,38,40,43-44,47,53,56,64H,4-7,10,13-16,19,23-24,28,32-37,39,41-42,45-46,48-52,54-55,57-63H2,1-3H3/b11-8-,12-9-,20-17-,21-18-,25-22-,29-26-,31-30-,38-27-,43-40-,47-44-,56-53-. The lowest BCUT2D eigenvalue weighted by Crippen LogP contribution is -2.30. The molecule has 0 aromatic carbocycles. The number of hydrogen-bond acceptors (Lipinski definition) is 6. The van der Waals surface area contributed by atoms with E-state index < -0.39 is 12.1 Å². The molecular formula is C67H108O6. The van der Waals surface area contributed by atoms with E-state index in [1.54, 1.807) is 6.08 Å². The quantitative estimate of drug-likeness (QED) is 0.0261. The normalized spacial score (nSPS) is 13.1. The summed E-state index contributed by atoms with van der Waals surface area (Å²) in [6.07, 6.45) is 84.7. The van der Waals surface area contributed by atoms with Crippen LogP contribution in [0.2, 0.25) is 0 Å². The van der Waals surface area contributed by atoms with Gasteiger partial charge >= 0.3 is 17.9 Å². The molecule has 0 amide bonds. The third-order valence-corrected chi connectivity index (χ3v) is 12.2. The summed E-state index contributed by atoms with van der Waals surface area (Å²) in [6.45, 7) is 6.29. The predicted molar refractivity (Wildman–Crippen MR) is 316 cm³/mol. The van der Waals surface area contributed by atoms with Crippen LogP contribution in [0.1, 0.15) is 252 Å². The minimum atomic E-state index is -0.837. The summed E-state index contributed by atoms with van der Waals surface area (Å²) in [4.78, 5) is 38.1. The van der Waals surface area contributed by atoms with Gasteiger partial charge in [-0.25, -0.2) is 0 Å². The molecule has 0 rings (SSSR count). The van der Waals surface area contributed by atoms with E-state index in [2.05, 4.69) is 142 Å². The van der Waals surface area contributed by atoms with Crippen molar-refractivity contribution in [2.24, 2.45) is 0 Å². The first-order valence-corrected chi connectivity index (χ1v) is 29.7. The van der Waals surface area contributed by atoms with Gasteiger partial charge in [0.2, 0.25) is 0 Å². The van der Waals surface area contributed by atoms with Crippen LogP contribution in [0.3, 0.4) is 0 Å². The van der Waals surface area contributed by atoms with Crippen LogP contribution in [0, 0.1) is 0 Å². The van der Waals surface area contributed by atoms with Gasteiger partial charge in [0.15, 0.2) is 6.10 Å². The van der Waals surface area contributed by atoms with E-state index in [1.165, 1.54) is 96.3 Å². The van der Waals surface area contributed by atoms with E-state index in [4.69, 9.17) is 14.2 Å². The molecule has 0 saturated carbocycles. The second-order valence-electron chi connectivity index (χ2n) is 19.2. The van der Waals surface area contributed by atoms with Crippen molar-refractivity contribution in [3.63, 3.8) is 0 Å². The smallest absolute Gasteiger partial charge is 0.309 e. The Kier molecular flexibility index (Phi) is 56.4. The Balaban J connectivity index is 4.48. The Labute approximate surface area is 449 Å². The molecule has 0 heterocycles. The zero-order valence-corrected chi connectivity index (χ0v) is 47.1. The average molecular weight is 1010 g/mol. The molecule has 0 aliphatic heterocycles. The Bertz CT molecular complexity index is 1580. The lowest BCUT2D eigenvalue weighted by Gasteiger charge is -2.18. The molecule has 0 aliphatic rings. The minimum absolute atomic E-state index is 0.116. The van der Waals surface area contributed by atoms with Gasteiger partial charge in [-0.1, -0.05) is 251 Å². The van der Waals surface area contributed by atoms with Gasteiger partial charge in [-0.05, 0) is 116 Å². The molecule has 0 spiro atoms. The fourth-order valence-electron chi connectivity index (χ4n) is 7.77. The largest absolute Gasteiger partial charge is 0.462 e.